The minimum atomic E-state index is 0.663. The molecule has 1 saturated heterocycles. The summed E-state index contributed by atoms with van der Waals surface area (Å²) in [4.78, 5) is 0. The average Bonchev–Trinajstić information content (AvgIpc) is 2.31. The molecule has 0 aliphatic carbocycles. The molecular weight excluding hydrogens is 184 g/mol. The van der Waals surface area contributed by atoms with Gasteiger partial charge in [-0.3, -0.25) is 0 Å². The molecule has 0 spiro atoms. The molecule has 0 radical (unpaired) electrons. The first-order valence-electron chi connectivity index (χ1n) is 5.87. The Morgan fingerprint density at radius 2 is 2.07 bits per heavy atom. The monoisotopic (exact) mass is 204 g/mol. The van der Waals surface area contributed by atoms with Crippen LogP contribution in [0, 0.1) is 5.92 Å². The highest BCUT2D eigenvalue weighted by Gasteiger charge is 2.14. The molecule has 2 rings (SSSR count). The Bertz CT molecular complexity index is 303. The number of benzene rings is 1. The van der Waals surface area contributed by atoms with Gasteiger partial charge in [-0.2, -0.15) is 0 Å². The van der Waals surface area contributed by atoms with Crippen molar-refractivity contribution in [2.24, 2.45) is 11.7 Å². The van der Waals surface area contributed by atoms with Crippen molar-refractivity contribution in [1.29, 1.82) is 0 Å². The second kappa shape index (κ2) is 5.29. The summed E-state index contributed by atoms with van der Waals surface area (Å²) in [7, 11) is 0. The van der Waals surface area contributed by atoms with Crippen LogP contribution in [0.4, 0.5) is 0 Å². The zero-order valence-electron chi connectivity index (χ0n) is 9.21. The van der Waals surface area contributed by atoms with Gasteiger partial charge in [0.1, 0.15) is 0 Å². The molecule has 3 N–H and O–H groups in total. The van der Waals surface area contributed by atoms with Gasteiger partial charge in [-0.1, -0.05) is 24.3 Å². The van der Waals surface area contributed by atoms with Gasteiger partial charge in [0.05, 0.1) is 0 Å². The smallest absolute Gasteiger partial charge is 0.0180 e. The summed E-state index contributed by atoms with van der Waals surface area (Å²) in [6.07, 6.45) is 3.85. The maximum absolute atomic E-state index is 5.74. The third kappa shape index (κ3) is 2.80. The summed E-state index contributed by atoms with van der Waals surface area (Å²) in [6.45, 7) is 3.02. The van der Waals surface area contributed by atoms with Gasteiger partial charge in [0.25, 0.3) is 0 Å². The number of nitrogens with one attached hydrogen (secondary N) is 1. The molecule has 1 unspecified atom stereocenters. The lowest BCUT2D eigenvalue weighted by Gasteiger charge is -2.23. The fourth-order valence-electron chi connectivity index (χ4n) is 2.36. The summed E-state index contributed by atoms with van der Waals surface area (Å²) in [5, 5.41) is 3.46. The van der Waals surface area contributed by atoms with Crippen LogP contribution in [0.3, 0.4) is 0 Å². The van der Waals surface area contributed by atoms with Gasteiger partial charge in [-0.05, 0) is 49.4 Å². The Kier molecular flexibility index (Phi) is 3.75. The summed E-state index contributed by atoms with van der Waals surface area (Å²) in [5.74, 6) is 0.798. The number of rotatable bonds is 3. The Morgan fingerprint density at radius 1 is 1.27 bits per heavy atom. The molecule has 15 heavy (non-hydrogen) atoms. The molecule has 0 saturated carbocycles. The highest BCUT2D eigenvalue weighted by atomic mass is 14.9. The summed E-state index contributed by atoms with van der Waals surface area (Å²) < 4.78 is 0. The van der Waals surface area contributed by atoms with E-state index in [1.807, 2.05) is 0 Å². The molecule has 1 aliphatic heterocycles. The first kappa shape index (κ1) is 10.7. The van der Waals surface area contributed by atoms with Crippen LogP contribution >= 0.6 is 0 Å². The molecule has 82 valence electrons. The van der Waals surface area contributed by atoms with Crippen molar-refractivity contribution in [3.8, 4) is 0 Å². The Morgan fingerprint density at radius 3 is 2.73 bits per heavy atom. The van der Waals surface area contributed by atoms with Crippen molar-refractivity contribution in [2.75, 3.05) is 13.1 Å². The van der Waals surface area contributed by atoms with Crippen LogP contribution in [0.5, 0.6) is 0 Å². The highest BCUT2D eigenvalue weighted by Crippen LogP contribution is 2.18. The zero-order valence-corrected chi connectivity index (χ0v) is 9.21. The average molecular weight is 204 g/mol. The van der Waals surface area contributed by atoms with Crippen molar-refractivity contribution in [3.63, 3.8) is 0 Å². The van der Waals surface area contributed by atoms with Crippen LogP contribution < -0.4 is 11.1 Å². The summed E-state index contributed by atoms with van der Waals surface area (Å²) in [6, 6.07) is 8.55. The van der Waals surface area contributed by atoms with E-state index in [-0.39, 0.29) is 0 Å². The van der Waals surface area contributed by atoms with Gasteiger partial charge < -0.3 is 11.1 Å². The number of nitrogens with two attached hydrogens (primary N) is 1. The maximum atomic E-state index is 5.74. The summed E-state index contributed by atoms with van der Waals surface area (Å²) in [5.41, 5.74) is 8.49. The van der Waals surface area contributed by atoms with Crippen molar-refractivity contribution in [1.82, 2.24) is 5.32 Å². The van der Waals surface area contributed by atoms with Crippen molar-refractivity contribution in [2.45, 2.75) is 25.8 Å². The van der Waals surface area contributed by atoms with Crippen LogP contribution in [0.1, 0.15) is 24.0 Å². The fourth-order valence-corrected chi connectivity index (χ4v) is 2.36. The van der Waals surface area contributed by atoms with E-state index in [4.69, 9.17) is 5.73 Å². The third-order valence-electron chi connectivity index (χ3n) is 3.25. The molecule has 2 heteroatoms. The van der Waals surface area contributed by atoms with E-state index >= 15 is 0 Å². The second-order valence-corrected chi connectivity index (χ2v) is 4.39. The lowest BCUT2D eigenvalue weighted by molar-refractivity contribution is 0.375. The van der Waals surface area contributed by atoms with E-state index < -0.39 is 0 Å². The molecule has 1 heterocycles. The standard InChI is InChI=1S/C13H20N2/c14-9-13-6-2-1-5-12(13)8-11-4-3-7-15-10-11/h1-2,5-6,11,15H,3-4,7-10,14H2. The molecule has 1 aliphatic rings. The maximum Gasteiger partial charge on any atom is 0.0180 e. The normalized spacial score (nSPS) is 21.5. The van der Waals surface area contributed by atoms with Crippen LogP contribution in [-0.4, -0.2) is 13.1 Å². The Labute approximate surface area is 91.9 Å². The minimum absolute atomic E-state index is 0.663. The van der Waals surface area contributed by atoms with E-state index in [2.05, 4.69) is 29.6 Å². The van der Waals surface area contributed by atoms with Gasteiger partial charge in [0, 0.05) is 6.54 Å². The van der Waals surface area contributed by atoms with Gasteiger partial charge in [0.2, 0.25) is 0 Å². The molecule has 1 aromatic carbocycles. The molecule has 0 bridgehead atoms. The lowest BCUT2D eigenvalue weighted by atomic mass is 9.90. The molecule has 2 nitrogen and oxygen atoms in total. The third-order valence-corrected chi connectivity index (χ3v) is 3.25. The van der Waals surface area contributed by atoms with Crippen LogP contribution in [0.2, 0.25) is 0 Å². The van der Waals surface area contributed by atoms with E-state index in [0.29, 0.717) is 6.54 Å². The molecule has 0 amide bonds. The van der Waals surface area contributed by atoms with Crippen LogP contribution in [0.15, 0.2) is 24.3 Å². The number of piperidine rings is 1. The predicted molar refractivity (Wildman–Crippen MR) is 63.6 cm³/mol. The molecule has 1 fully saturated rings. The predicted octanol–water partition coefficient (Wildman–Crippen LogP) is 1.69. The Balaban J connectivity index is 2.02. The summed E-state index contributed by atoms with van der Waals surface area (Å²) >= 11 is 0. The molecule has 1 atom stereocenters. The van der Waals surface area contributed by atoms with Crippen LogP contribution in [0.25, 0.3) is 0 Å². The van der Waals surface area contributed by atoms with Gasteiger partial charge >= 0.3 is 0 Å². The fraction of sp³-hybridized carbons (Fsp3) is 0.538. The van der Waals surface area contributed by atoms with E-state index in [1.54, 1.807) is 0 Å². The van der Waals surface area contributed by atoms with Crippen molar-refractivity contribution in [3.05, 3.63) is 35.4 Å². The van der Waals surface area contributed by atoms with Gasteiger partial charge in [-0.15, -0.1) is 0 Å². The molecule has 1 aromatic rings. The lowest BCUT2D eigenvalue weighted by Crippen LogP contribution is -2.31. The largest absolute Gasteiger partial charge is 0.326 e. The van der Waals surface area contributed by atoms with E-state index in [0.717, 1.165) is 5.92 Å². The molecular formula is C13H20N2. The van der Waals surface area contributed by atoms with Gasteiger partial charge in [0.15, 0.2) is 0 Å². The number of hydrogen-bond acceptors (Lipinski definition) is 2. The Hall–Kier alpha value is -0.860. The first-order valence-corrected chi connectivity index (χ1v) is 5.87. The van der Waals surface area contributed by atoms with E-state index in [9.17, 15) is 0 Å². The van der Waals surface area contributed by atoms with Crippen molar-refractivity contribution < 1.29 is 0 Å². The number of hydrogen-bond donors (Lipinski definition) is 2. The highest BCUT2D eigenvalue weighted by molar-refractivity contribution is 5.27. The second-order valence-electron chi connectivity index (χ2n) is 4.39. The topological polar surface area (TPSA) is 38.0 Å². The van der Waals surface area contributed by atoms with Gasteiger partial charge in [-0.25, -0.2) is 0 Å². The quantitative estimate of drug-likeness (QED) is 0.786. The molecule has 0 aromatic heterocycles. The zero-order chi connectivity index (χ0) is 10.5. The SMILES string of the molecule is NCc1ccccc1CC1CCCNC1. The van der Waals surface area contributed by atoms with Crippen molar-refractivity contribution >= 4 is 0 Å². The van der Waals surface area contributed by atoms with Crippen LogP contribution in [-0.2, 0) is 13.0 Å². The minimum Gasteiger partial charge on any atom is -0.326 e. The first-order chi connectivity index (χ1) is 7.40. The van der Waals surface area contributed by atoms with E-state index in [1.165, 1.54) is 43.5 Å².